The van der Waals surface area contributed by atoms with Gasteiger partial charge >= 0.3 is 12.2 Å². The molecule has 0 aliphatic heterocycles. The van der Waals surface area contributed by atoms with Gasteiger partial charge < -0.3 is 24.3 Å². The van der Waals surface area contributed by atoms with Gasteiger partial charge in [0.05, 0.1) is 33.0 Å². The topological polar surface area (TPSA) is 86.3 Å². The van der Waals surface area contributed by atoms with Gasteiger partial charge in [-0.15, -0.1) is 0 Å². The summed E-state index contributed by atoms with van der Waals surface area (Å²) in [4.78, 5) is 25.4. The summed E-state index contributed by atoms with van der Waals surface area (Å²) >= 11 is 0. The molecular formula is C17H34N2O6. The van der Waals surface area contributed by atoms with Crippen molar-refractivity contribution in [3.63, 3.8) is 0 Å². The van der Waals surface area contributed by atoms with Gasteiger partial charge in [-0.25, -0.2) is 14.5 Å². The molecule has 0 unspecified atom stereocenters. The fourth-order valence-corrected chi connectivity index (χ4v) is 1.54. The molecule has 1 N–H and O–H groups in total. The zero-order valence-electron chi connectivity index (χ0n) is 16.6. The van der Waals surface area contributed by atoms with Crippen LogP contribution in [0.3, 0.4) is 0 Å². The molecule has 0 aromatic carbocycles. The second-order valence-corrected chi connectivity index (χ2v) is 7.44. The molecule has 0 aliphatic carbocycles. The Labute approximate surface area is 151 Å². The van der Waals surface area contributed by atoms with Crippen molar-refractivity contribution in [3.05, 3.63) is 0 Å². The third-order valence-electron chi connectivity index (χ3n) is 2.56. The molecule has 0 bridgehead atoms. The van der Waals surface area contributed by atoms with E-state index >= 15 is 0 Å². The summed E-state index contributed by atoms with van der Waals surface area (Å²) in [6.45, 7) is 12.8. The SMILES string of the molecule is CNCCOCCOCCN(C(=O)OC(C)(C)C)C(=O)OC(C)(C)C. The zero-order valence-corrected chi connectivity index (χ0v) is 16.6. The van der Waals surface area contributed by atoms with Gasteiger partial charge in [-0.3, -0.25) is 0 Å². The molecule has 25 heavy (non-hydrogen) atoms. The molecule has 0 fully saturated rings. The molecule has 0 aromatic heterocycles. The van der Waals surface area contributed by atoms with Crippen LogP contribution in [0.1, 0.15) is 41.5 Å². The minimum absolute atomic E-state index is 0.0420. The summed E-state index contributed by atoms with van der Waals surface area (Å²) in [5.41, 5.74) is -1.42. The lowest BCUT2D eigenvalue weighted by atomic mass is 10.2. The van der Waals surface area contributed by atoms with Crippen molar-refractivity contribution in [1.29, 1.82) is 0 Å². The van der Waals surface area contributed by atoms with E-state index in [2.05, 4.69) is 5.32 Å². The number of ether oxygens (including phenoxy) is 4. The monoisotopic (exact) mass is 362 g/mol. The molecule has 0 radical (unpaired) electrons. The maximum Gasteiger partial charge on any atom is 0.419 e. The average molecular weight is 362 g/mol. The van der Waals surface area contributed by atoms with E-state index in [0.717, 1.165) is 11.4 Å². The Morgan fingerprint density at radius 1 is 0.800 bits per heavy atom. The van der Waals surface area contributed by atoms with Crippen LogP contribution in [0, 0.1) is 0 Å². The predicted octanol–water partition coefficient (Wildman–Crippen LogP) is 2.41. The molecule has 2 amide bonds. The van der Waals surface area contributed by atoms with Crippen LogP contribution < -0.4 is 5.32 Å². The van der Waals surface area contributed by atoms with E-state index in [1.165, 1.54) is 0 Å². The smallest absolute Gasteiger partial charge is 0.419 e. The lowest BCUT2D eigenvalue weighted by molar-refractivity contribution is -0.00785. The van der Waals surface area contributed by atoms with Crippen molar-refractivity contribution in [1.82, 2.24) is 10.2 Å². The molecule has 8 heteroatoms. The van der Waals surface area contributed by atoms with Crippen LogP contribution in [0.4, 0.5) is 9.59 Å². The number of nitrogens with one attached hydrogen (secondary N) is 1. The van der Waals surface area contributed by atoms with Gasteiger partial charge in [0, 0.05) is 6.54 Å². The number of nitrogens with zero attached hydrogens (tertiary/aromatic N) is 1. The Kier molecular flexibility index (Phi) is 10.7. The van der Waals surface area contributed by atoms with E-state index in [9.17, 15) is 9.59 Å². The first-order valence-corrected chi connectivity index (χ1v) is 8.50. The highest BCUT2D eigenvalue weighted by atomic mass is 16.6. The Balaban J connectivity index is 4.45. The van der Waals surface area contributed by atoms with Crippen LogP contribution in [0.2, 0.25) is 0 Å². The van der Waals surface area contributed by atoms with Gasteiger partial charge in [-0.05, 0) is 48.6 Å². The summed E-state index contributed by atoms with van der Waals surface area (Å²) in [6.07, 6.45) is -1.51. The predicted molar refractivity (Wildman–Crippen MR) is 94.7 cm³/mol. The maximum absolute atomic E-state index is 12.2. The number of imide groups is 1. The van der Waals surface area contributed by atoms with E-state index in [1.54, 1.807) is 41.5 Å². The average Bonchev–Trinajstić information content (AvgIpc) is 2.41. The quantitative estimate of drug-likeness (QED) is 0.630. The first-order chi connectivity index (χ1) is 11.5. The lowest BCUT2D eigenvalue weighted by Crippen LogP contribution is -2.45. The molecule has 0 aromatic rings. The number of carbonyl (C=O) groups excluding carboxylic acids is 2. The van der Waals surface area contributed by atoms with Gasteiger partial charge in [0.25, 0.3) is 0 Å². The Hall–Kier alpha value is -1.38. The highest BCUT2D eigenvalue weighted by Gasteiger charge is 2.30. The molecule has 0 rings (SSSR count). The van der Waals surface area contributed by atoms with Crippen molar-refractivity contribution in [2.45, 2.75) is 52.7 Å². The minimum atomic E-state index is -0.754. The minimum Gasteiger partial charge on any atom is -0.443 e. The van der Waals surface area contributed by atoms with E-state index in [4.69, 9.17) is 18.9 Å². The Morgan fingerprint density at radius 3 is 1.64 bits per heavy atom. The Bertz CT molecular complexity index is 373. The molecule has 0 saturated heterocycles. The normalized spacial score (nSPS) is 12.0. The van der Waals surface area contributed by atoms with Crippen molar-refractivity contribution in [2.75, 3.05) is 46.6 Å². The highest BCUT2D eigenvalue weighted by molar-refractivity contribution is 5.88. The summed E-state index contributed by atoms with van der Waals surface area (Å²) in [6, 6.07) is 0. The fourth-order valence-electron chi connectivity index (χ4n) is 1.54. The molecule has 0 heterocycles. The number of hydrogen-bond acceptors (Lipinski definition) is 7. The van der Waals surface area contributed by atoms with Crippen LogP contribution in [-0.2, 0) is 18.9 Å². The van der Waals surface area contributed by atoms with Gasteiger partial charge in [-0.1, -0.05) is 0 Å². The van der Waals surface area contributed by atoms with Crippen LogP contribution in [0.15, 0.2) is 0 Å². The third kappa shape index (κ3) is 13.6. The first kappa shape index (κ1) is 23.6. The van der Waals surface area contributed by atoms with Crippen molar-refractivity contribution < 1.29 is 28.5 Å². The summed E-state index contributed by atoms with van der Waals surface area (Å²) in [5, 5.41) is 2.97. The molecular weight excluding hydrogens is 328 g/mol. The molecule has 8 nitrogen and oxygen atoms in total. The fraction of sp³-hybridized carbons (Fsp3) is 0.882. The second-order valence-electron chi connectivity index (χ2n) is 7.44. The number of amides is 2. The van der Waals surface area contributed by atoms with E-state index in [1.807, 2.05) is 7.05 Å². The van der Waals surface area contributed by atoms with Crippen LogP contribution in [0.5, 0.6) is 0 Å². The van der Waals surface area contributed by atoms with Crippen LogP contribution in [0.25, 0.3) is 0 Å². The molecule has 0 saturated carbocycles. The van der Waals surface area contributed by atoms with E-state index in [0.29, 0.717) is 19.8 Å². The van der Waals surface area contributed by atoms with Crippen LogP contribution in [-0.4, -0.2) is 74.9 Å². The van der Waals surface area contributed by atoms with Gasteiger partial charge in [0.15, 0.2) is 0 Å². The maximum atomic E-state index is 12.2. The molecule has 148 valence electrons. The van der Waals surface area contributed by atoms with Crippen molar-refractivity contribution in [2.24, 2.45) is 0 Å². The second kappa shape index (κ2) is 11.3. The summed E-state index contributed by atoms with van der Waals surface area (Å²) in [5.74, 6) is 0. The van der Waals surface area contributed by atoms with Crippen LogP contribution >= 0.6 is 0 Å². The molecule has 0 atom stereocenters. The number of hydrogen-bond donors (Lipinski definition) is 1. The Morgan fingerprint density at radius 2 is 1.24 bits per heavy atom. The number of rotatable bonds is 9. The summed E-state index contributed by atoms with van der Waals surface area (Å²) in [7, 11) is 1.85. The highest BCUT2D eigenvalue weighted by Crippen LogP contribution is 2.14. The standard InChI is InChI=1S/C17H34N2O6/c1-16(2,3)24-14(20)19(15(21)25-17(4,5)6)9-11-23-13-12-22-10-8-18-7/h18H,8-13H2,1-7H3. The molecule has 0 spiro atoms. The largest absolute Gasteiger partial charge is 0.443 e. The number of likely N-dealkylation sites (N-methyl/N-ethyl adjacent to an activating group) is 1. The van der Waals surface area contributed by atoms with Crippen molar-refractivity contribution >= 4 is 12.2 Å². The van der Waals surface area contributed by atoms with Gasteiger partial charge in [0.1, 0.15) is 11.2 Å². The van der Waals surface area contributed by atoms with Crippen molar-refractivity contribution in [3.8, 4) is 0 Å². The van der Waals surface area contributed by atoms with Gasteiger partial charge in [0.2, 0.25) is 0 Å². The first-order valence-electron chi connectivity index (χ1n) is 8.50. The zero-order chi connectivity index (χ0) is 19.5. The summed E-state index contributed by atoms with van der Waals surface area (Å²) < 4.78 is 21.2. The van der Waals surface area contributed by atoms with E-state index in [-0.39, 0.29) is 13.2 Å². The van der Waals surface area contributed by atoms with Gasteiger partial charge in [-0.2, -0.15) is 0 Å². The number of carbonyl (C=O) groups is 2. The third-order valence-corrected chi connectivity index (χ3v) is 2.56. The lowest BCUT2D eigenvalue weighted by Gasteiger charge is -2.28. The molecule has 0 aliphatic rings. The van der Waals surface area contributed by atoms with E-state index < -0.39 is 23.4 Å².